The van der Waals surface area contributed by atoms with Crippen LogP contribution in [-0.4, -0.2) is 25.6 Å². The molecule has 0 atom stereocenters. The van der Waals surface area contributed by atoms with E-state index in [9.17, 15) is 9.18 Å². The van der Waals surface area contributed by atoms with Crippen LogP contribution in [0, 0.1) is 5.82 Å². The van der Waals surface area contributed by atoms with Crippen molar-refractivity contribution in [3.63, 3.8) is 0 Å². The molecule has 0 aliphatic rings. The van der Waals surface area contributed by atoms with Gasteiger partial charge in [0.2, 0.25) is 0 Å². The summed E-state index contributed by atoms with van der Waals surface area (Å²) in [7, 11) is 0. The molecule has 5 nitrogen and oxygen atoms in total. The number of hydrogen-bond acceptors (Lipinski definition) is 3. The summed E-state index contributed by atoms with van der Waals surface area (Å²) in [5.41, 5.74) is 2.00. The molecule has 0 saturated carbocycles. The summed E-state index contributed by atoms with van der Waals surface area (Å²) in [6, 6.07) is 18.5. The zero-order valence-corrected chi connectivity index (χ0v) is 17.8. The average Bonchev–Trinajstić information content (AvgIpc) is 3.26. The van der Waals surface area contributed by atoms with E-state index in [0.717, 1.165) is 11.3 Å². The Morgan fingerprint density at radius 3 is 2.52 bits per heavy atom. The van der Waals surface area contributed by atoms with Crippen LogP contribution in [0.15, 0.2) is 79.1 Å². The Morgan fingerprint density at radius 1 is 0.968 bits per heavy atom. The van der Waals surface area contributed by atoms with Gasteiger partial charge in [0.25, 0.3) is 5.91 Å². The van der Waals surface area contributed by atoms with Crippen LogP contribution >= 0.6 is 23.2 Å². The molecule has 2 aromatic heterocycles. The number of hydrogen-bond donors (Lipinski definition) is 0. The lowest BCUT2D eigenvalue weighted by atomic mass is 10.2. The number of nitrogens with zero attached hydrogens (tertiary/aromatic N) is 4. The molecule has 0 spiro atoms. The number of amides is 1. The van der Waals surface area contributed by atoms with E-state index in [1.807, 2.05) is 24.3 Å². The molecule has 31 heavy (non-hydrogen) atoms. The molecule has 8 heteroatoms. The van der Waals surface area contributed by atoms with Crippen molar-refractivity contribution in [1.29, 1.82) is 0 Å². The lowest BCUT2D eigenvalue weighted by Crippen LogP contribution is -2.31. The second-order valence-corrected chi connectivity index (χ2v) is 7.64. The molecule has 4 aromatic rings. The molecule has 0 aliphatic carbocycles. The molecule has 0 saturated heterocycles. The first kappa shape index (κ1) is 21.0. The highest BCUT2D eigenvalue weighted by Gasteiger charge is 2.21. The van der Waals surface area contributed by atoms with Crippen molar-refractivity contribution in [2.45, 2.75) is 13.1 Å². The van der Waals surface area contributed by atoms with Crippen LogP contribution in [0.5, 0.6) is 0 Å². The van der Waals surface area contributed by atoms with Crippen LogP contribution in [0.1, 0.15) is 21.7 Å². The lowest BCUT2D eigenvalue weighted by Gasteiger charge is -2.22. The minimum Gasteiger partial charge on any atom is -0.327 e. The fraction of sp³-hybridized carbons (Fsp3) is 0.0870. The van der Waals surface area contributed by atoms with Crippen molar-refractivity contribution in [3.05, 3.63) is 112 Å². The number of rotatable bonds is 6. The Kier molecular flexibility index (Phi) is 6.30. The minimum absolute atomic E-state index is 0.194. The summed E-state index contributed by atoms with van der Waals surface area (Å²) in [5.74, 6) is -0.738. The molecule has 4 rings (SSSR count). The van der Waals surface area contributed by atoms with Gasteiger partial charge in [0.1, 0.15) is 11.5 Å². The standard InChI is InChI=1S/C23H17Cl2FN4O/c24-18-9-8-16(13-19(18)25)14-29(15-17-5-3-4-11-27-17)23(31)21-10-12-30(28-21)22-7-2-1-6-20(22)26/h1-13H,14-15H2. The van der Waals surface area contributed by atoms with E-state index in [1.54, 1.807) is 53.7 Å². The van der Waals surface area contributed by atoms with Gasteiger partial charge in [-0.3, -0.25) is 9.78 Å². The van der Waals surface area contributed by atoms with Gasteiger partial charge in [0.05, 0.1) is 22.3 Å². The van der Waals surface area contributed by atoms with Crippen molar-refractivity contribution < 1.29 is 9.18 Å². The fourth-order valence-corrected chi connectivity index (χ4v) is 3.44. The Morgan fingerprint density at radius 2 is 1.77 bits per heavy atom. The average molecular weight is 455 g/mol. The smallest absolute Gasteiger partial charge is 0.275 e. The SMILES string of the molecule is O=C(c1ccn(-c2ccccc2F)n1)N(Cc1ccc(Cl)c(Cl)c1)Cc1ccccn1. The van der Waals surface area contributed by atoms with Gasteiger partial charge in [0, 0.05) is 18.9 Å². The quantitative estimate of drug-likeness (QED) is 0.383. The minimum atomic E-state index is -0.425. The first-order chi connectivity index (χ1) is 15.0. The molecule has 0 N–H and O–H groups in total. The van der Waals surface area contributed by atoms with Crippen LogP contribution in [0.3, 0.4) is 0 Å². The summed E-state index contributed by atoms with van der Waals surface area (Å²) in [6.45, 7) is 0.547. The van der Waals surface area contributed by atoms with E-state index in [4.69, 9.17) is 23.2 Å². The summed E-state index contributed by atoms with van der Waals surface area (Å²) >= 11 is 12.2. The number of carbonyl (C=O) groups is 1. The zero-order valence-electron chi connectivity index (χ0n) is 16.3. The topological polar surface area (TPSA) is 51.0 Å². The van der Waals surface area contributed by atoms with Gasteiger partial charge in [-0.1, -0.05) is 47.5 Å². The first-order valence-corrected chi connectivity index (χ1v) is 10.2. The molecule has 1 amide bonds. The third-order valence-electron chi connectivity index (χ3n) is 4.63. The molecule has 0 fully saturated rings. The number of benzene rings is 2. The number of para-hydroxylation sites is 1. The molecule has 0 unspecified atom stereocenters. The second-order valence-electron chi connectivity index (χ2n) is 6.83. The van der Waals surface area contributed by atoms with E-state index < -0.39 is 5.82 Å². The Labute approximate surface area is 188 Å². The highest BCUT2D eigenvalue weighted by Crippen LogP contribution is 2.24. The predicted octanol–water partition coefficient (Wildman–Crippen LogP) is 5.56. The van der Waals surface area contributed by atoms with Gasteiger partial charge in [-0.05, 0) is 48.0 Å². The van der Waals surface area contributed by atoms with Crippen molar-refractivity contribution >= 4 is 29.1 Å². The zero-order chi connectivity index (χ0) is 21.8. The third kappa shape index (κ3) is 4.93. The Balaban J connectivity index is 1.63. The van der Waals surface area contributed by atoms with Gasteiger partial charge in [-0.25, -0.2) is 9.07 Å². The van der Waals surface area contributed by atoms with E-state index in [1.165, 1.54) is 10.7 Å². The molecular formula is C23H17Cl2FN4O. The molecule has 2 heterocycles. The number of pyridine rings is 1. The van der Waals surface area contributed by atoms with Crippen LogP contribution in [-0.2, 0) is 13.1 Å². The number of aromatic nitrogens is 3. The third-order valence-corrected chi connectivity index (χ3v) is 5.37. The molecule has 156 valence electrons. The largest absolute Gasteiger partial charge is 0.327 e. The Hall–Kier alpha value is -3.22. The molecule has 0 radical (unpaired) electrons. The van der Waals surface area contributed by atoms with Crippen LogP contribution in [0.25, 0.3) is 5.69 Å². The lowest BCUT2D eigenvalue weighted by molar-refractivity contribution is 0.0721. The molecular weight excluding hydrogens is 438 g/mol. The van der Waals surface area contributed by atoms with Crippen molar-refractivity contribution in [2.24, 2.45) is 0 Å². The van der Waals surface area contributed by atoms with Crippen LogP contribution < -0.4 is 0 Å². The molecule has 0 bridgehead atoms. The second kappa shape index (κ2) is 9.29. The van der Waals surface area contributed by atoms with Gasteiger partial charge >= 0.3 is 0 Å². The predicted molar refractivity (Wildman–Crippen MR) is 118 cm³/mol. The fourth-order valence-electron chi connectivity index (χ4n) is 3.12. The van der Waals surface area contributed by atoms with E-state index in [0.29, 0.717) is 10.0 Å². The van der Waals surface area contributed by atoms with Crippen LogP contribution in [0.4, 0.5) is 4.39 Å². The maximum atomic E-state index is 14.1. The maximum Gasteiger partial charge on any atom is 0.275 e. The summed E-state index contributed by atoms with van der Waals surface area (Å²) in [5, 5.41) is 5.15. The van der Waals surface area contributed by atoms with Crippen molar-refractivity contribution in [1.82, 2.24) is 19.7 Å². The Bertz CT molecular complexity index is 1210. The van der Waals surface area contributed by atoms with Gasteiger partial charge < -0.3 is 4.90 Å². The monoisotopic (exact) mass is 454 g/mol. The van der Waals surface area contributed by atoms with Gasteiger partial charge in [0.15, 0.2) is 5.69 Å². The summed E-state index contributed by atoms with van der Waals surface area (Å²) < 4.78 is 15.4. The van der Waals surface area contributed by atoms with E-state index in [-0.39, 0.29) is 30.4 Å². The number of halogens is 3. The van der Waals surface area contributed by atoms with E-state index in [2.05, 4.69) is 10.1 Å². The molecule has 0 aliphatic heterocycles. The highest BCUT2D eigenvalue weighted by atomic mass is 35.5. The molecule has 2 aromatic carbocycles. The summed E-state index contributed by atoms with van der Waals surface area (Å²) in [6.07, 6.45) is 3.23. The number of carbonyl (C=O) groups excluding carboxylic acids is 1. The maximum absolute atomic E-state index is 14.1. The van der Waals surface area contributed by atoms with E-state index >= 15 is 0 Å². The van der Waals surface area contributed by atoms with Gasteiger partial charge in [-0.15, -0.1) is 0 Å². The van der Waals surface area contributed by atoms with Crippen molar-refractivity contribution in [3.8, 4) is 5.69 Å². The normalized spacial score (nSPS) is 10.8. The van der Waals surface area contributed by atoms with Crippen molar-refractivity contribution in [2.75, 3.05) is 0 Å². The van der Waals surface area contributed by atoms with Crippen LogP contribution in [0.2, 0.25) is 10.0 Å². The first-order valence-electron chi connectivity index (χ1n) is 9.45. The highest BCUT2D eigenvalue weighted by molar-refractivity contribution is 6.42. The summed E-state index contributed by atoms with van der Waals surface area (Å²) in [4.78, 5) is 19.2. The van der Waals surface area contributed by atoms with Gasteiger partial charge in [-0.2, -0.15) is 5.10 Å².